The number of rotatable bonds is 5. The number of carbonyl (C=O) groups is 2. The van der Waals surface area contributed by atoms with Gasteiger partial charge in [-0.1, -0.05) is 23.4 Å². The fraction of sp³-hybridized carbons (Fsp3) is 0.625. The van der Waals surface area contributed by atoms with E-state index in [1.165, 1.54) is 0 Å². The largest absolute Gasteiger partial charge is 0.346 e. The predicted molar refractivity (Wildman–Crippen MR) is 62.2 cm³/mol. The first kappa shape index (κ1) is 13.5. The van der Waals surface area contributed by atoms with E-state index in [0.717, 1.165) is 11.5 Å². The van der Waals surface area contributed by atoms with Gasteiger partial charge in [0.1, 0.15) is 0 Å². The molecule has 0 fully saturated rings. The molecule has 0 saturated heterocycles. The molecule has 0 radical (unpaired) electrons. The van der Waals surface area contributed by atoms with Crippen molar-refractivity contribution >= 4 is 28.5 Å². The molecule has 8 nitrogen and oxygen atoms in total. The third-order valence-electron chi connectivity index (χ3n) is 1.99. The van der Waals surface area contributed by atoms with Crippen LogP contribution in [0.2, 0.25) is 0 Å². The third kappa shape index (κ3) is 4.41. The summed E-state index contributed by atoms with van der Waals surface area (Å²) in [5.41, 5.74) is 5.61. The average Bonchev–Trinajstić information content (AvgIpc) is 2.77. The van der Waals surface area contributed by atoms with Crippen LogP contribution in [0.25, 0.3) is 0 Å². The average molecular weight is 258 g/mol. The smallest absolute Gasteiger partial charge is 0.245 e. The summed E-state index contributed by atoms with van der Waals surface area (Å²) in [4.78, 5) is 22.8. The molecule has 1 rings (SSSR count). The molecule has 0 aliphatic rings. The molecule has 0 aliphatic heterocycles. The number of nitrogens with one attached hydrogen (secondary N) is 2. The topological polar surface area (TPSA) is 123 Å². The predicted octanol–water partition coefficient (Wildman–Crippen LogP) is -1.03. The highest BCUT2D eigenvalue weighted by molar-refractivity contribution is 7.09. The SMILES string of the molecule is CC(C)[C@H](N)C(=O)NCC(=O)Nc1nnns1. The second kappa shape index (κ2) is 6.21. The fourth-order valence-corrected chi connectivity index (χ4v) is 1.32. The number of nitrogens with zero attached hydrogens (tertiary/aromatic N) is 3. The Morgan fingerprint density at radius 1 is 1.47 bits per heavy atom. The van der Waals surface area contributed by atoms with Crippen molar-refractivity contribution in [1.82, 2.24) is 20.1 Å². The number of hydrogen-bond acceptors (Lipinski definition) is 7. The molecule has 0 bridgehead atoms. The minimum Gasteiger partial charge on any atom is -0.346 e. The van der Waals surface area contributed by atoms with E-state index in [1.54, 1.807) is 0 Å². The van der Waals surface area contributed by atoms with Crippen molar-refractivity contribution in [2.45, 2.75) is 19.9 Å². The Kier molecular flexibility index (Phi) is 4.91. The van der Waals surface area contributed by atoms with Crippen molar-refractivity contribution < 1.29 is 9.59 Å². The maximum atomic E-state index is 11.4. The summed E-state index contributed by atoms with van der Waals surface area (Å²) >= 11 is 0.955. The van der Waals surface area contributed by atoms with E-state index in [4.69, 9.17) is 5.73 Å². The zero-order chi connectivity index (χ0) is 12.8. The van der Waals surface area contributed by atoms with E-state index in [1.807, 2.05) is 13.8 Å². The number of amides is 2. The molecule has 2 amide bonds. The Morgan fingerprint density at radius 2 is 2.18 bits per heavy atom. The summed E-state index contributed by atoms with van der Waals surface area (Å²) in [6, 6.07) is -0.619. The number of nitrogens with two attached hydrogens (primary N) is 1. The lowest BCUT2D eigenvalue weighted by atomic mass is 10.1. The standard InChI is InChI=1S/C8H14N6O2S/c1-4(2)6(9)7(16)10-3-5(15)11-8-12-13-14-17-8/h4,6H,3,9H2,1-2H3,(H,10,16)(H,11,12,14,15)/t6-/m0/s1. The van der Waals surface area contributed by atoms with Crippen molar-refractivity contribution in [2.24, 2.45) is 11.7 Å². The van der Waals surface area contributed by atoms with Crippen LogP contribution in [-0.4, -0.2) is 39.2 Å². The van der Waals surface area contributed by atoms with Crippen LogP contribution in [0, 0.1) is 5.92 Å². The Bertz CT molecular complexity index is 379. The van der Waals surface area contributed by atoms with Crippen LogP contribution in [0.5, 0.6) is 0 Å². The first-order valence-corrected chi connectivity index (χ1v) is 5.76. The summed E-state index contributed by atoms with van der Waals surface area (Å²) in [6.45, 7) is 3.51. The lowest BCUT2D eigenvalue weighted by molar-refractivity contribution is -0.125. The highest BCUT2D eigenvalue weighted by atomic mass is 32.1. The molecule has 1 aromatic heterocycles. The van der Waals surface area contributed by atoms with Crippen LogP contribution >= 0.6 is 11.5 Å². The maximum Gasteiger partial charge on any atom is 0.245 e. The van der Waals surface area contributed by atoms with E-state index in [0.29, 0.717) is 0 Å². The minimum absolute atomic E-state index is 0.0189. The quantitative estimate of drug-likeness (QED) is 0.620. The Morgan fingerprint density at radius 3 is 2.71 bits per heavy atom. The Balaban J connectivity index is 2.31. The van der Waals surface area contributed by atoms with Crippen molar-refractivity contribution in [3.05, 3.63) is 0 Å². The van der Waals surface area contributed by atoms with E-state index >= 15 is 0 Å². The van der Waals surface area contributed by atoms with Gasteiger partial charge >= 0.3 is 0 Å². The number of anilines is 1. The Hall–Kier alpha value is -1.61. The fourth-order valence-electron chi connectivity index (χ4n) is 0.933. The molecule has 17 heavy (non-hydrogen) atoms. The summed E-state index contributed by atoms with van der Waals surface area (Å²) in [5.74, 6) is -0.733. The van der Waals surface area contributed by atoms with Gasteiger partial charge in [-0.15, -0.1) is 0 Å². The lowest BCUT2D eigenvalue weighted by Crippen LogP contribution is -2.46. The first-order valence-electron chi connectivity index (χ1n) is 4.99. The van der Waals surface area contributed by atoms with Gasteiger partial charge in [0.2, 0.25) is 16.9 Å². The Labute approximate surface area is 102 Å². The number of hydrogen-bond donors (Lipinski definition) is 3. The molecular formula is C8H14N6O2S. The van der Waals surface area contributed by atoms with Crippen LogP contribution in [0.15, 0.2) is 0 Å². The molecule has 1 aromatic rings. The molecule has 4 N–H and O–H groups in total. The lowest BCUT2D eigenvalue weighted by Gasteiger charge is -2.14. The van der Waals surface area contributed by atoms with Crippen LogP contribution in [0.3, 0.4) is 0 Å². The molecular weight excluding hydrogens is 244 g/mol. The van der Waals surface area contributed by atoms with Gasteiger partial charge in [-0.3, -0.25) is 14.9 Å². The van der Waals surface area contributed by atoms with Gasteiger partial charge in [0, 0.05) is 11.5 Å². The number of aromatic nitrogens is 3. The normalized spacial score (nSPS) is 12.2. The van der Waals surface area contributed by atoms with Gasteiger partial charge in [0.25, 0.3) is 0 Å². The third-order valence-corrected chi connectivity index (χ3v) is 2.50. The molecule has 94 valence electrons. The summed E-state index contributed by atoms with van der Waals surface area (Å²) in [7, 11) is 0. The highest BCUT2D eigenvalue weighted by Crippen LogP contribution is 2.03. The van der Waals surface area contributed by atoms with Gasteiger partial charge in [0.05, 0.1) is 12.6 Å². The number of carbonyl (C=O) groups excluding carboxylic acids is 2. The van der Waals surface area contributed by atoms with E-state index in [9.17, 15) is 9.59 Å². The van der Waals surface area contributed by atoms with Crippen molar-refractivity contribution in [3.63, 3.8) is 0 Å². The monoisotopic (exact) mass is 258 g/mol. The van der Waals surface area contributed by atoms with E-state index in [-0.39, 0.29) is 23.5 Å². The van der Waals surface area contributed by atoms with Crippen molar-refractivity contribution in [3.8, 4) is 0 Å². The van der Waals surface area contributed by atoms with Crippen LogP contribution in [0.4, 0.5) is 5.13 Å². The second-order valence-corrected chi connectivity index (χ2v) is 4.44. The van der Waals surface area contributed by atoms with Crippen molar-refractivity contribution in [2.75, 3.05) is 11.9 Å². The maximum absolute atomic E-state index is 11.4. The van der Waals surface area contributed by atoms with Crippen LogP contribution in [0.1, 0.15) is 13.8 Å². The van der Waals surface area contributed by atoms with Gasteiger partial charge < -0.3 is 11.1 Å². The zero-order valence-electron chi connectivity index (χ0n) is 9.51. The molecule has 1 atom stereocenters. The van der Waals surface area contributed by atoms with Gasteiger partial charge in [-0.05, 0) is 11.1 Å². The molecule has 0 aromatic carbocycles. The molecule has 9 heteroatoms. The first-order chi connectivity index (χ1) is 8.00. The molecule has 1 heterocycles. The molecule has 0 saturated carbocycles. The van der Waals surface area contributed by atoms with Crippen molar-refractivity contribution in [1.29, 1.82) is 0 Å². The summed E-state index contributed by atoms with van der Waals surface area (Å²) in [6.07, 6.45) is 0. The second-order valence-electron chi connectivity index (χ2n) is 3.70. The van der Waals surface area contributed by atoms with E-state index < -0.39 is 11.9 Å². The zero-order valence-corrected chi connectivity index (χ0v) is 10.3. The van der Waals surface area contributed by atoms with Gasteiger partial charge in [-0.2, -0.15) is 0 Å². The van der Waals surface area contributed by atoms with Crippen LogP contribution < -0.4 is 16.4 Å². The molecule has 0 spiro atoms. The van der Waals surface area contributed by atoms with Gasteiger partial charge in [-0.25, -0.2) is 0 Å². The van der Waals surface area contributed by atoms with Gasteiger partial charge in [0.15, 0.2) is 0 Å². The molecule has 0 unspecified atom stereocenters. The highest BCUT2D eigenvalue weighted by Gasteiger charge is 2.17. The van der Waals surface area contributed by atoms with Crippen LogP contribution in [-0.2, 0) is 9.59 Å². The molecule has 0 aliphatic carbocycles. The summed E-state index contributed by atoms with van der Waals surface area (Å²) in [5, 5.41) is 12.0. The summed E-state index contributed by atoms with van der Waals surface area (Å²) < 4.78 is 3.48. The van der Waals surface area contributed by atoms with E-state index in [2.05, 4.69) is 25.4 Å². The minimum atomic E-state index is -0.619.